The molecule has 0 unspecified atom stereocenters. The average molecular weight is 356 g/mol. The van der Waals surface area contributed by atoms with E-state index < -0.39 is 27.5 Å². The van der Waals surface area contributed by atoms with Gasteiger partial charge >= 0.3 is 6.18 Å². The van der Waals surface area contributed by atoms with Crippen LogP contribution < -0.4 is 0 Å². The summed E-state index contributed by atoms with van der Waals surface area (Å²) in [6.07, 6.45) is -3.24. The average Bonchev–Trinajstić information content (AvgIpc) is 2.24. The van der Waals surface area contributed by atoms with Crippen LogP contribution in [0.1, 0.15) is 31.9 Å². The number of rotatable bonds is 2. The third kappa shape index (κ3) is 4.72. The molecule has 1 rings (SSSR count). The van der Waals surface area contributed by atoms with Crippen LogP contribution in [0.2, 0.25) is 0 Å². The molecule has 0 aliphatic heterocycles. The molecule has 19 heavy (non-hydrogen) atoms. The van der Waals surface area contributed by atoms with Crippen LogP contribution in [0.3, 0.4) is 0 Å². The highest BCUT2D eigenvalue weighted by Crippen LogP contribution is 2.35. The molecule has 0 spiro atoms. The van der Waals surface area contributed by atoms with Crippen molar-refractivity contribution in [2.75, 3.05) is 0 Å². The number of nitrogens with zero attached hydrogens (tertiary/aromatic N) is 1. The van der Waals surface area contributed by atoms with Crippen LogP contribution in [0.15, 0.2) is 27.1 Å². The molecule has 0 fully saturated rings. The van der Waals surface area contributed by atoms with Crippen molar-refractivity contribution < 1.29 is 17.4 Å². The highest BCUT2D eigenvalue weighted by Gasteiger charge is 2.33. The minimum absolute atomic E-state index is 0.0332. The van der Waals surface area contributed by atoms with Gasteiger partial charge in [0, 0.05) is 10.7 Å². The van der Waals surface area contributed by atoms with Gasteiger partial charge in [0.15, 0.2) is 0 Å². The molecule has 1 aromatic carbocycles. The Bertz CT molecular complexity index is 521. The zero-order valence-electron chi connectivity index (χ0n) is 10.6. The predicted molar refractivity (Wildman–Crippen MR) is 74.6 cm³/mol. The van der Waals surface area contributed by atoms with E-state index in [1.807, 2.05) is 0 Å². The van der Waals surface area contributed by atoms with Crippen LogP contribution in [0.25, 0.3) is 0 Å². The van der Waals surface area contributed by atoms with Crippen molar-refractivity contribution in [3.05, 3.63) is 33.8 Å². The Morgan fingerprint density at radius 1 is 1.26 bits per heavy atom. The first-order chi connectivity index (χ1) is 8.51. The first-order valence-corrected chi connectivity index (χ1v) is 7.24. The highest BCUT2D eigenvalue weighted by atomic mass is 79.9. The van der Waals surface area contributed by atoms with Crippen LogP contribution in [-0.4, -0.2) is 15.2 Å². The van der Waals surface area contributed by atoms with Crippen molar-refractivity contribution in [2.24, 2.45) is 4.40 Å². The third-order valence-electron chi connectivity index (χ3n) is 2.12. The molecule has 2 nitrogen and oxygen atoms in total. The molecule has 0 aliphatic rings. The van der Waals surface area contributed by atoms with Gasteiger partial charge in [0.05, 0.1) is 10.3 Å². The SMILES string of the molecule is CC(C)(C)[S@@](=O)/N=C/c1ccc(Br)c(C(F)(F)F)c1. The van der Waals surface area contributed by atoms with E-state index in [2.05, 4.69) is 20.3 Å². The number of hydrogen-bond acceptors (Lipinski definition) is 1. The minimum atomic E-state index is -4.44. The normalized spacial score (nSPS) is 14.9. The smallest absolute Gasteiger partial charge is 0.234 e. The zero-order chi connectivity index (χ0) is 14.8. The lowest BCUT2D eigenvalue weighted by Gasteiger charge is -2.13. The Hall–Kier alpha value is -0.690. The maximum absolute atomic E-state index is 12.7. The molecule has 0 saturated carbocycles. The fourth-order valence-electron chi connectivity index (χ4n) is 1.11. The van der Waals surface area contributed by atoms with E-state index in [0.717, 1.165) is 6.07 Å². The summed E-state index contributed by atoms with van der Waals surface area (Å²) in [5, 5.41) is 0. The summed E-state index contributed by atoms with van der Waals surface area (Å²) >= 11 is 2.85. The van der Waals surface area contributed by atoms with Crippen LogP contribution in [-0.2, 0) is 17.2 Å². The first-order valence-electron chi connectivity index (χ1n) is 5.34. The molecule has 0 aliphatic carbocycles. The van der Waals surface area contributed by atoms with E-state index in [1.54, 1.807) is 20.8 Å². The molecule has 0 bridgehead atoms. The molecular weight excluding hydrogens is 343 g/mol. The van der Waals surface area contributed by atoms with Crippen molar-refractivity contribution in [1.82, 2.24) is 0 Å². The van der Waals surface area contributed by atoms with E-state index in [0.29, 0.717) is 0 Å². The van der Waals surface area contributed by atoms with Crippen LogP contribution >= 0.6 is 15.9 Å². The standard InChI is InChI=1S/C12H13BrF3NOS/c1-11(2,3)19(18)17-7-8-4-5-10(13)9(6-8)12(14,15)16/h4-7H,1-3H3/b17-7+/t19-/m1/s1. The van der Waals surface area contributed by atoms with Crippen LogP contribution in [0, 0.1) is 0 Å². The van der Waals surface area contributed by atoms with Crippen LogP contribution in [0.4, 0.5) is 13.2 Å². The van der Waals surface area contributed by atoms with E-state index >= 15 is 0 Å². The lowest BCUT2D eigenvalue weighted by molar-refractivity contribution is -0.138. The Kier molecular flexibility index (Phi) is 4.95. The molecule has 1 aromatic rings. The molecule has 0 N–H and O–H groups in total. The van der Waals surface area contributed by atoms with Gasteiger partial charge in [0.25, 0.3) is 0 Å². The lowest BCUT2D eigenvalue weighted by Crippen LogP contribution is -2.19. The molecule has 1 atom stereocenters. The summed E-state index contributed by atoms with van der Waals surface area (Å²) in [6.45, 7) is 5.22. The molecule has 0 saturated heterocycles. The van der Waals surface area contributed by atoms with Crippen LogP contribution in [0.5, 0.6) is 0 Å². The van der Waals surface area contributed by atoms with Gasteiger partial charge in [0.2, 0.25) is 0 Å². The second kappa shape index (κ2) is 5.75. The van der Waals surface area contributed by atoms with Gasteiger partial charge in [-0.25, -0.2) is 4.21 Å². The summed E-state index contributed by atoms with van der Waals surface area (Å²) in [5.74, 6) is 0. The van der Waals surface area contributed by atoms with Crippen molar-refractivity contribution in [2.45, 2.75) is 31.7 Å². The van der Waals surface area contributed by atoms with E-state index in [-0.39, 0.29) is 10.0 Å². The van der Waals surface area contributed by atoms with Crippen molar-refractivity contribution >= 4 is 33.1 Å². The molecular formula is C12H13BrF3NOS. The first kappa shape index (κ1) is 16.4. The summed E-state index contributed by atoms with van der Waals surface area (Å²) < 4.78 is 52.9. The van der Waals surface area contributed by atoms with Gasteiger partial charge in [-0.3, -0.25) is 0 Å². The van der Waals surface area contributed by atoms with Gasteiger partial charge in [-0.1, -0.05) is 22.0 Å². The number of alkyl halides is 3. The fourth-order valence-corrected chi connectivity index (χ4v) is 2.11. The highest BCUT2D eigenvalue weighted by molar-refractivity contribution is 9.10. The molecule has 7 heteroatoms. The minimum Gasteiger partial charge on any atom is -0.234 e. The maximum Gasteiger partial charge on any atom is 0.417 e. The van der Waals surface area contributed by atoms with Crippen molar-refractivity contribution in [3.8, 4) is 0 Å². The topological polar surface area (TPSA) is 29.4 Å². The summed E-state index contributed by atoms with van der Waals surface area (Å²) in [5.41, 5.74) is -0.522. The van der Waals surface area contributed by atoms with Gasteiger partial charge in [-0.05, 0) is 38.5 Å². The van der Waals surface area contributed by atoms with E-state index in [4.69, 9.17) is 0 Å². The Labute approximate surface area is 120 Å². The van der Waals surface area contributed by atoms with Crippen molar-refractivity contribution in [3.63, 3.8) is 0 Å². The fraction of sp³-hybridized carbons (Fsp3) is 0.417. The van der Waals surface area contributed by atoms with Gasteiger partial charge in [-0.15, -0.1) is 0 Å². The number of halogens is 4. The molecule has 0 amide bonds. The molecule has 106 valence electrons. The van der Waals surface area contributed by atoms with E-state index in [1.165, 1.54) is 18.3 Å². The van der Waals surface area contributed by atoms with Gasteiger partial charge in [-0.2, -0.15) is 17.6 Å². The summed E-state index contributed by atoms with van der Waals surface area (Å²) in [7, 11) is -1.49. The second-order valence-corrected chi connectivity index (χ2v) is 7.62. The predicted octanol–water partition coefficient (Wildman–Crippen LogP) is 4.35. The second-order valence-electron chi connectivity index (χ2n) is 4.83. The lowest BCUT2D eigenvalue weighted by atomic mass is 10.1. The Balaban J connectivity index is 3.05. The van der Waals surface area contributed by atoms with Gasteiger partial charge in [0.1, 0.15) is 11.0 Å². The van der Waals surface area contributed by atoms with Crippen molar-refractivity contribution in [1.29, 1.82) is 0 Å². The van der Waals surface area contributed by atoms with E-state index in [9.17, 15) is 17.4 Å². The number of benzene rings is 1. The number of hydrogen-bond donors (Lipinski definition) is 0. The maximum atomic E-state index is 12.7. The van der Waals surface area contributed by atoms with Gasteiger partial charge < -0.3 is 0 Å². The Morgan fingerprint density at radius 2 is 1.84 bits per heavy atom. The quantitative estimate of drug-likeness (QED) is 0.725. The molecule has 0 heterocycles. The monoisotopic (exact) mass is 355 g/mol. The largest absolute Gasteiger partial charge is 0.417 e. The molecule has 0 radical (unpaired) electrons. The third-order valence-corrected chi connectivity index (χ3v) is 4.15. The molecule has 0 aromatic heterocycles. The Morgan fingerprint density at radius 3 is 2.32 bits per heavy atom. The summed E-state index contributed by atoms with van der Waals surface area (Å²) in [4.78, 5) is 0. The summed E-state index contributed by atoms with van der Waals surface area (Å²) in [6, 6.07) is 3.74. The zero-order valence-corrected chi connectivity index (χ0v) is 13.0.